The minimum Gasteiger partial charge on any atom is -0.370 e. The topological polar surface area (TPSA) is 199 Å². The summed E-state index contributed by atoms with van der Waals surface area (Å²) in [6, 6.07) is 2.72. The summed E-state index contributed by atoms with van der Waals surface area (Å²) in [5.74, 6) is -3.76. The second-order valence-corrected chi connectivity index (χ2v) is 11.6. The predicted molar refractivity (Wildman–Crippen MR) is 138 cm³/mol. The number of imide groups is 1. The first-order valence-corrected chi connectivity index (χ1v) is 13.5. The van der Waals surface area contributed by atoms with Crippen molar-refractivity contribution in [1.29, 1.82) is 0 Å². The van der Waals surface area contributed by atoms with Gasteiger partial charge in [-0.2, -0.15) is 0 Å². The Kier molecular flexibility index (Phi) is 4.94. The lowest BCUT2D eigenvalue weighted by Gasteiger charge is -2.49. The van der Waals surface area contributed by atoms with Crippen molar-refractivity contribution < 1.29 is 24.6 Å². The highest BCUT2D eigenvalue weighted by molar-refractivity contribution is 6.02. The first kappa shape index (κ1) is 24.3. The number of likely N-dealkylation sites (tertiary alicyclic amines) is 1. The summed E-state index contributed by atoms with van der Waals surface area (Å²) in [4.78, 5) is 49.7. The van der Waals surface area contributed by atoms with Gasteiger partial charge in [0.25, 0.3) is 5.91 Å². The molecular weight excluding hydrogens is 504 g/mol. The molecule has 39 heavy (non-hydrogen) atoms. The third-order valence-electron chi connectivity index (χ3n) is 9.56. The summed E-state index contributed by atoms with van der Waals surface area (Å²) in [5, 5.41) is 29.1. The van der Waals surface area contributed by atoms with Crippen LogP contribution < -0.4 is 22.1 Å². The lowest BCUT2D eigenvalue weighted by Crippen LogP contribution is -2.78. The van der Waals surface area contributed by atoms with Gasteiger partial charge in [0.1, 0.15) is 12.1 Å². The van der Waals surface area contributed by atoms with E-state index < -0.39 is 35.5 Å². The number of fused-ring (bicyclic) bond motifs is 2. The maximum Gasteiger partial charge on any atom is 0.252 e. The summed E-state index contributed by atoms with van der Waals surface area (Å²) >= 11 is 0. The Balaban J connectivity index is 1.20. The molecule has 8 N–H and O–H groups in total. The van der Waals surface area contributed by atoms with Gasteiger partial charge in [0.15, 0.2) is 17.6 Å². The molecule has 1 aromatic rings. The van der Waals surface area contributed by atoms with Crippen molar-refractivity contribution >= 4 is 29.6 Å². The Hall–Kier alpha value is -3.71. The number of rotatable bonds is 4. The second-order valence-electron chi connectivity index (χ2n) is 11.6. The number of nitrogens with two attached hydrogens (primary N) is 2. The molecule has 2 spiro atoms. The lowest BCUT2D eigenvalue weighted by atomic mass is 9.78. The minimum atomic E-state index is -2.59. The summed E-state index contributed by atoms with van der Waals surface area (Å²) in [7, 11) is 0. The third-order valence-corrected chi connectivity index (χ3v) is 9.56. The first-order valence-electron chi connectivity index (χ1n) is 13.5. The van der Waals surface area contributed by atoms with Gasteiger partial charge < -0.3 is 37.2 Å². The van der Waals surface area contributed by atoms with Gasteiger partial charge in [0.05, 0.1) is 12.6 Å². The van der Waals surface area contributed by atoms with Crippen LogP contribution in [0, 0.1) is 0 Å². The number of hydrogen-bond acceptors (Lipinski definition) is 11. The molecule has 3 amide bonds. The number of hydrogen-bond donors (Lipinski definition) is 6. The molecular formula is C26H32N8O5. The number of carbonyl (C=O) groups is 3. The fraction of sp³-hybridized carbons (Fsp3) is 0.577. The van der Waals surface area contributed by atoms with Crippen molar-refractivity contribution in [2.75, 3.05) is 13.1 Å². The second kappa shape index (κ2) is 7.92. The van der Waals surface area contributed by atoms with E-state index >= 15 is 0 Å². The van der Waals surface area contributed by atoms with E-state index in [0.29, 0.717) is 5.56 Å². The highest BCUT2D eigenvalue weighted by Gasteiger charge is 2.73. The Bertz CT molecular complexity index is 1350. The number of aliphatic imine (C=N–C) groups is 2. The van der Waals surface area contributed by atoms with Crippen LogP contribution in [-0.2, 0) is 21.4 Å². The molecule has 4 aliphatic heterocycles. The molecule has 7 rings (SSSR count). The van der Waals surface area contributed by atoms with E-state index in [2.05, 4.69) is 26.7 Å². The molecule has 206 valence electrons. The third kappa shape index (κ3) is 3.22. The van der Waals surface area contributed by atoms with Crippen LogP contribution in [0.1, 0.15) is 60.0 Å². The highest BCUT2D eigenvalue weighted by atomic mass is 16.5. The van der Waals surface area contributed by atoms with Crippen molar-refractivity contribution in [3.05, 3.63) is 34.9 Å². The molecule has 4 atom stereocenters. The van der Waals surface area contributed by atoms with Crippen molar-refractivity contribution in [3.63, 3.8) is 0 Å². The average Bonchev–Trinajstić information content (AvgIpc) is 3.38. The van der Waals surface area contributed by atoms with Crippen molar-refractivity contribution in [2.45, 2.75) is 79.9 Å². The molecule has 13 nitrogen and oxygen atoms in total. The molecule has 3 fully saturated rings. The number of guanidine groups is 2. The van der Waals surface area contributed by atoms with Crippen molar-refractivity contribution in [3.8, 4) is 0 Å². The van der Waals surface area contributed by atoms with E-state index in [9.17, 15) is 24.6 Å². The average molecular weight is 537 g/mol. The van der Waals surface area contributed by atoms with Crippen molar-refractivity contribution in [1.82, 2.24) is 20.4 Å². The van der Waals surface area contributed by atoms with E-state index in [1.165, 1.54) is 10.5 Å². The summed E-state index contributed by atoms with van der Waals surface area (Å²) in [5.41, 5.74) is 13.6. The minimum absolute atomic E-state index is 0.0373. The Labute approximate surface area is 224 Å². The van der Waals surface area contributed by atoms with Gasteiger partial charge in [0, 0.05) is 24.9 Å². The molecule has 1 saturated carbocycles. The molecule has 13 heteroatoms. The monoisotopic (exact) mass is 536 g/mol. The molecule has 0 bridgehead atoms. The van der Waals surface area contributed by atoms with Gasteiger partial charge >= 0.3 is 0 Å². The predicted octanol–water partition coefficient (Wildman–Crippen LogP) is -2.02. The number of aliphatic hydroxyl groups is 2. The maximum absolute atomic E-state index is 13.6. The van der Waals surface area contributed by atoms with Crippen LogP contribution in [0.25, 0.3) is 0 Å². The van der Waals surface area contributed by atoms with Gasteiger partial charge in [-0.05, 0) is 54.7 Å². The summed E-state index contributed by atoms with van der Waals surface area (Å²) in [6.45, 7) is -0.199. The molecule has 1 aromatic carbocycles. The smallest absolute Gasteiger partial charge is 0.252 e. The normalized spacial score (nSPS) is 33.2. The van der Waals surface area contributed by atoms with Gasteiger partial charge in [-0.3, -0.25) is 19.3 Å². The van der Waals surface area contributed by atoms with Crippen LogP contribution in [0.2, 0.25) is 0 Å². The van der Waals surface area contributed by atoms with E-state index in [1.54, 1.807) is 6.07 Å². The molecule has 1 unspecified atom stereocenters. The van der Waals surface area contributed by atoms with Gasteiger partial charge in [0.2, 0.25) is 17.6 Å². The summed E-state index contributed by atoms with van der Waals surface area (Å²) < 4.78 is 0. The number of benzene rings is 1. The van der Waals surface area contributed by atoms with Gasteiger partial charge in [-0.15, -0.1) is 0 Å². The number of nitrogens with one attached hydrogen (secondary N) is 2. The molecule has 2 aliphatic carbocycles. The van der Waals surface area contributed by atoms with E-state index in [1.807, 2.05) is 6.07 Å². The lowest BCUT2D eigenvalue weighted by molar-refractivity contribution is -0.230. The van der Waals surface area contributed by atoms with Gasteiger partial charge in [-0.25, -0.2) is 9.98 Å². The van der Waals surface area contributed by atoms with Crippen LogP contribution >= 0.6 is 0 Å². The zero-order valence-corrected chi connectivity index (χ0v) is 21.4. The number of carbonyl (C=O) groups excluding carboxylic acids is 3. The van der Waals surface area contributed by atoms with E-state index in [-0.39, 0.29) is 55.1 Å². The number of nitrogens with zero attached hydrogens (tertiary/aromatic N) is 4. The first-order chi connectivity index (χ1) is 18.6. The largest absolute Gasteiger partial charge is 0.370 e. The number of amides is 3. The van der Waals surface area contributed by atoms with Crippen LogP contribution in [0.5, 0.6) is 0 Å². The molecule has 2 saturated heterocycles. The van der Waals surface area contributed by atoms with E-state index in [4.69, 9.17) is 11.5 Å². The Morgan fingerprint density at radius 2 is 1.85 bits per heavy atom. The highest BCUT2D eigenvalue weighted by Crippen LogP contribution is 2.55. The van der Waals surface area contributed by atoms with Gasteiger partial charge in [-0.1, -0.05) is 12.1 Å². The zero-order valence-electron chi connectivity index (χ0n) is 21.4. The van der Waals surface area contributed by atoms with Crippen LogP contribution in [0.15, 0.2) is 28.2 Å². The SMILES string of the molecule is NC1=N[C@H]2[C@H](CN3C(=O)CCC3=O)N=C(N)N3CC(NC(=O)c4cccc5c4CCCC54CC4)C(O)(O)[C@]23N1. The fourth-order valence-electron chi connectivity index (χ4n) is 7.46. The molecule has 6 aliphatic rings. The fourth-order valence-corrected chi connectivity index (χ4v) is 7.46. The standard InChI is InChI=1S/C26H32N8O5/c27-22-31-20-16(11-33-18(35)6-7-19(33)36)29-23(28)34-12-17(26(38,39)25(20,34)32-22)30-21(37)14-3-1-5-15-13(14)4-2-8-24(15)9-10-24/h1,3,5,16-17,20,38-39H,2,4,6-12H2,(H2,28,29)(H,30,37)(H3,27,31,32)/t16-,17?,20-,25-/m0/s1. The van der Waals surface area contributed by atoms with Crippen molar-refractivity contribution in [2.24, 2.45) is 21.5 Å². The molecule has 0 radical (unpaired) electrons. The quantitative estimate of drug-likeness (QED) is 0.186. The Morgan fingerprint density at radius 3 is 2.56 bits per heavy atom. The molecule has 0 aromatic heterocycles. The van der Waals surface area contributed by atoms with Crippen LogP contribution in [0.3, 0.4) is 0 Å². The maximum atomic E-state index is 13.6. The Morgan fingerprint density at radius 1 is 1.10 bits per heavy atom. The zero-order chi connectivity index (χ0) is 27.3. The summed E-state index contributed by atoms with van der Waals surface area (Å²) in [6.07, 6.45) is 5.42. The van der Waals surface area contributed by atoms with Crippen LogP contribution in [0.4, 0.5) is 0 Å². The van der Waals surface area contributed by atoms with E-state index in [0.717, 1.165) is 42.6 Å². The van der Waals surface area contributed by atoms with Crippen LogP contribution in [-0.4, -0.2) is 92.3 Å². The molecule has 4 heterocycles.